The number of hydrogen-bond acceptors (Lipinski definition) is 3. The molecule has 0 bridgehead atoms. The number of dihydropyridines is 1. The average molecular weight is 211 g/mol. The van der Waals surface area contributed by atoms with Crippen LogP contribution in [-0.4, -0.2) is 28.2 Å². The summed E-state index contributed by atoms with van der Waals surface area (Å²) in [6, 6.07) is -1.16. The first kappa shape index (κ1) is 11.3. The minimum Gasteiger partial charge on any atom is -0.479 e. The van der Waals surface area contributed by atoms with Gasteiger partial charge in [0.15, 0.2) is 6.04 Å². The molecular weight excluding hydrogens is 198 g/mol. The van der Waals surface area contributed by atoms with Crippen LogP contribution in [0.2, 0.25) is 0 Å². The lowest BCUT2D eigenvalue weighted by molar-refractivity contribution is -0.141. The summed E-state index contributed by atoms with van der Waals surface area (Å²) in [4.78, 5) is 21.8. The van der Waals surface area contributed by atoms with Gasteiger partial charge in [0.05, 0.1) is 5.57 Å². The van der Waals surface area contributed by atoms with Crippen molar-refractivity contribution in [2.24, 2.45) is 0 Å². The molecule has 0 radical (unpaired) electrons. The summed E-state index contributed by atoms with van der Waals surface area (Å²) >= 11 is 0. The average Bonchev–Trinajstić information content (AvgIpc) is 2.12. The Morgan fingerprint density at radius 3 is 2.07 bits per heavy atom. The first-order chi connectivity index (χ1) is 6.86. The van der Waals surface area contributed by atoms with Gasteiger partial charge in [0, 0.05) is 5.70 Å². The van der Waals surface area contributed by atoms with E-state index in [0.29, 0.717) is 11.3 Å². The van der Waals surface area contributed by atoms with E-state index in [9.17, 15) is 9.59 Å². The van der Waals surface area contributed by atoms with E-state index >= 15 is 0 Å². The Hall–Kier alpha value is -1.78. The third kappa shape index (κ3) is 1.86. The number of allylic oxidation sites excluding steroid dienone is 3. The second kappa shape index (κ2) is 3.76. The van der Waals surface area contributed by atoms with E-state index in [1.54, 1.807) is 20.8 Å². The second-order valence-electron chi connectivity index (χ2n) is 3.51. The maximum absolute atomic E-state index is 10.9. The summed E-state index contributed by atoms with van der Waals surface area (Å²) in [6.45, 7) is 5.12. The summed E-state index contributed by atoms with van der Waals surface area (Å²) in [6.07, 6.45) is 0. The quantitative estimate of drug-likeness (QED) is 0.627. The molecule has 1 aliphatic heterocycles. The van der Waals surface area contributed by atoms with Gasteiger partial charge in [0.1, 0.15) is 0 Å². The Bertz CT molecular complexity index is 392. The molecule has 0 saturated carbocycles. The fraction of sp³-hybridized carbons (Fsp3) is 0.400. The molecule has 0 amide bonds. The van der Waals surface area contributed by atoms with Crippen LogP contribution in [0.25, 0.3) is 0 Å². The molecule has 0 fully saturated rings. The topological polar surface area (TPSA) is 86.6 Å². The molecule has 0 aromatic carbocycles. The van der Waals surface area contributed by atoms with Crippen LogP contribution >= 0.6 is 0 Å². The molecular formula is C10H13NO4. The molecule has 0 aromatic rings. The zero-order valence-corrected chi connectivity index (χ0v) is 8.79. The van der Waals surface area contributed by atoms with Gasteiger partial charge in [-0.3, -0.25) is 0 Å². The van der Waals surface area contributed by atoms with E-state index in [-0.39, 0.29) is 5.57 Å². The van der Waals surface area contributed by atoms with Gasteiger partial charge in [-0.2, -0.15) is 0 Å². The van der Waals surface area contributed by atoms with E-state index in [0.717, 1.165) is 5.57 Å². The molecule has 0 spiro atoms. The number of rotatable bonds is 2. The van der Waals surface area contributed by atoms with Crippen LogP contribution in [0.1, 0.15) is 20.8 Å². The largest absolute Gasteiger partial charge is 0.479 e. The fourth-order valence-electron chi connectivity index (χ4n) is 1.57. The van der Waals surface area contributed by atoms with Crippen molar-refractivity contribution in [3.8, 4) is 0 Å². The van der Waals surface area contributed by atoms with Crippen molar-refractivity contribution < 1.29 is 19.8 Å². The molecule has 5 heteroatoms. The molecule has 1 rings (SSSR count). The Morgan fingerprint density at radius 2 is 1.67 bits per heavy atom. The van der Waals surface area contributed by atoms with Crippen LogP contribution < -0.4 is 5.32 Å². The molecule has 1 aliphatic rings. The van der Waals surface area contributed by atoms with E-state index < -0.39 is 18.0 Å². The summed E-state index contributed by atoms with van der Waals surface area (Å²) < 4.78 is 0. The number of carboxylic acid groups (broad SMARTS) is 2. The van der Waals surface area contributed by atoms with Gasteiger partial charge in [-0.25, -0.2) is 9.59 Å². The molecule has 1 atom stereocenters. The third-order valence-corrected chi connectivity index (χ3v) is 2.66. The number of nitrogens with one attached hydrogen (secondary N) is 1. The van der Waals surface area contributed by atoms with Crippen molar-refractivity contribution in [1.29, 1.82) is 0 Å². The van der Waals surface area contributed by atoms with Crippen LogP contribution in [0.4, 0.5) is 0 Å². The highest BCUT2D eigenvalue weighted by atomic mass is 16.4. The number of carbonyl (C=O) groups is 2. The van der Waals surface area contributed by atoms with E-state index in [1.165, 1.54) is 0 Å². The van der Waals surface area contributed by atoms with Crippen molar-refractivity contribution in [2.75, 3.05) is 0 Å². The van der Waals surface area contributed by atoms with E-state index in [4.69, 9.17) is 10.2 Å². The molecule has 1 unspecified atom stereocenters. The van der Waals surface area contributed by atoms with Crippen molar-refractivity contribution in [2.45, 2.75) is 26.8 Å². The zero-order valence-electron chi connectivity index (χ0n) is 8.79. The van der Waals surface area contributed by atoms with Gasteiger partial charge in [0.25, 0.3) is 0 Å². The molecule has 82 valence electrons. The molecule has 15 heavy (non-hydrogen) atoms. The van der Waals surface area contributed by atoms with Gasteiger partial charge < -0.3 is 15.5 Å². The minimum absolute atomic E-state index is 0.0920. The Morgan fingerprint density at radius 1 is 1.13 bits per heavy atom. The monoisotopic (exact) mass is 211 g/mol. The zero-order chi connectivity index (χ0) is 11.7. The maximum Gasteiger partial charge on any atom is 0.334 e. The van der Waals surface area contributed by atoms with Crippen molar-refractivity contribution in [3.05, 3.63) is 22.4 Å². The Labute approximate surface area is 87.1 Å². The molecule has 3 N–H and O–H groups in total. The normalized spacial score (nSPS) is 21.4. The first-order valence-corrected chi connectivity index (χ1v) is 4.47. The van der Waals surface area contributed by atoms with Crippen LogP contribution in [0.15, 0.2) is 22.4 Å². The highest BCUT2D eigenvalue weighted by Crippen LogP contribution is 2.25. The predicted octanol–water partition coefficient (Wildman–Crippen LogP) is 0.738. The van der Waals surface area contributed by atoms with Gasteiger partial charge in [0.2, 0.25) is 0 Å². The molecule has 0 aromatic heterocycles. The summed E-state index contributed by atoms with van der Waals surface area (Å²) in [5.74, 6) is -2.38. The van der Waals surface area contributed by atoms with Crippen molar-refractivity contribution in [3.63, 3.8) is 0 Å². The lowest BCUT2D eigenvalue weighted by Crippen LogP contribution is -2.43. The highest BCUT2D eigenvalue weighted by molar-refractivity contribution is 5.98. The van der Waals surface area contributed by atoms with Crippen LogP contribution in [0.5, 0.6) is 0 Å². The number of carboxylic acids is 2. The van der Waals surface area contributed by atoms with Crippen molar-refractivity contribution >= 4 is 11.9 Å². The first-order valence-electron chi connectivity index (χ1n) is 4.47. The standard InChI is InChI=1S/C10H13NO4/c1-4-5(2)7(9(12)13)8(10(14)15)11-6(4)3/h8,11H,1-3H3,(H,12,13)(H,14,15). The highest BCUT2D eigenvalue weighted by Gasteiger charge is 2.32. The van der Waals surface area contributed by atoms with E-state index in [1.807, 2.05) is 0 Å². The molecule has 0 aliphatic carbocycles. The van der Waals surface area contributed by atoms with Crippen LogP contribution in [-0.2, 0) is 9.59 Å². The minimum atomic E-state index is -1.20. The van der Waals surface area contributed by atoms with Gasteiger partial charge in [-0.1, -0.05) is 0 Å². The summed E-state index contributed by atoms with van der Waals surface area (Å²) in [5, 5.41) is 20.5. The van der Waals surface area contributed by atoms with Gasteiger partial charge in [-0.05, 0) is 31.9 Å². The fourth-order valence-corrected chi connectivity index (χ4v) is 1.57. The van der Waals surface area contributed by atoms with E-state index in [2.05, 4.69) is 5.32 Å². The van der Waals surface area contributed by atoms with Crippen LogP contribution in [0.3, 0.4) is 0 Å². The predicted molar refractivity (Wildman–Crippen MR) is 53.3 cm³/mol. The third-order valence-electron chi connectivity index (χ3n) is 2.66. The SMILES string of the molecule is CC1=C(C)C(C)=C(C(=O)O)C(C(=O)O)N1. The smallest absolute Gasteiger partial charge is 0.334 e. The number of aliphatic carboxylic acids is 2. The molecule has 0 saturated heterocycles. The van der Waals surface area contributed by atoms with Gasteiger partial charge in [-0.15, -0.1) is 0 Å². The van der Waals surface area contributed by atoms with Crippen LogP contribution in [0, 0.1) is 0 Å². The lowest BCUT2D eigenvalue weighted by atomic mass is 9.92. The lowest BCUT2D eigenvalue weighted by Gasteiger charge is -2.26. The molecule has 5 nitrogen and oxygen atoms in total. The summed E-state index contributed by atoms with van der Waals surface area (Å²) in [7, 11) is 0. The van der Waals surface area contributed by atoms with Crippen molar-refractivity contribution in [1.82, 2.24) is 5.32 Å². The summed E-state index contributed by atoms with van der Waals surface area (Å²) in [5.41, 5.74) is 1.91. The van der Waals surface area contributed by atoms with Gasteiger partial charge >= 0.3 is 11.9 Å². The molecule has 1 heterocycles. The maximum atomic E-state index is 10.9. The number of hydrogen-bond donors (Lipinski definition) is 3. The second-order valence-corrected chi connectivity index (χ2v) is 3.51. The Balaban J connectivity index is 3.32. The Kier molecular flexibility index (Phi) is 2.83.